The van der Waals surface area contributed by atoms with Crippen LogP contribution in [0.2, 0.25) is 0 Å². The molecule has 1 aliphatic carbocycles. The lowest BCUT2D eigenvalue weighted by molar-refractivity contribution is -0.152. The van der Waals surface area contributed by atoms with E-state index >= 15 is 0 Å². The molecule has 0 radical (unpaired) electrons. The monoisotopic (exact) mass is 228 g/mol. The Hall–Kier alpha value is -0.180. The van der Waals surface area contributed by atoms with E-state index in [9.17, 15) is 9.90 Å². The highest BCUT2D eigenvalue weighted by molar-refractivity contribution is 7.99. The molecule has 0 bridgehead atoms. The van der Waals surface area contributed by atoms with Gasteiger partial charge in [-0.3, -0.25) is 4.79 Å². The second kappa shape index (κ2) is 4.77. The molecule has 1 saturated heterocycles. The van der Waals surface area contributed by atoms with Crippen molar-refractivity contribution in [3.05, 3.63) is 0 Å². The third-order valence-corrected chi connectivity index (χ3v) is 5.38. The predicted octanol–water partition coefficient (Wildman–Crippen LogP) is 3.16. The lowest BCUT2D eigenvalue weighted by Gasteiger charge is -2.41. The zero-order valence-corrected chi connectivity index (χ0v) is 10.0. The van der Waals surface area contributed by atoms with E-state index in [4.69, 9.17) is 0 Å². The molecule has 15 heavy (non-hydrogen) atoms. The van der Waals surface area contributed by atoms with Crippen molar-refractivity contribution in [2.75, 3.05) is 11.5 Å². The fourth-order valence-electron chi connectivity index (χ4n) is 3.14. The number of thioether (sulfide) groups is 1. The van der Waals surface area contributed by atoms with Crippen molar-refractivity contribution in [2.45, 2.75) is 44.9 Å². The van der Waals surface area contributed by atoms with Gasteiger partial charge in [0, 0.05) is 5.75 Å². The Balaban J connectivity index is 2.12. The van der Waals surface area contributed by atoms with Gasteiger partial charge in [-0.2, -0.15) is 11.8 Å². The average molecular weight is 228 g/mol. The number of aliphatic carboxylic acids is 1. The van der Waals surface area contributed by atoms with E-state index in [0.717, 1.165) is 37.2 Å². The lowest BCUT2D eigenvalue weighted by atomic mass is 9.67. The van der Waals surface area contributed by atoms with Crippen LogP contribution in [0.3, 0.4) is 0 Å². The largest absolute Gasteiger partial charge is 0.481 e. The quantitative estimate of drug-likeness (QED) is 0.789. The first-order valence-corrected chi connectivity index (χ1v) is 7.22. The van der Waals surface area contributed by atoms with Crippen molar-refractivity contribution in [1.82, 2.24) is 0 Å². The molecule has 1 saturated carbocycles. The van der Waals surface area contributed by atoms with Gasteiger partial charge < -0.3 is 5.11 Å². The zero-order chi connectivity index (χ0) is 10.7. The Morgan fingerprint density at radius 3 is 2.47 bits per heavy atom. The predicted molar refractivity (Wildman–Crippen MR) is 63.2 cm³/mol. The maximum absolute atomic E-state index is 11.6. The third-order valence-electron chi connectivity index (χ3n) is 4.08. The van der Waals surface area contributed by atoms with Crippen molar-refractivity contribution in [3.63, 3.8) is 0 Å². The van der Waals surface area contributed by atoms with Crippen LogP contribution >= 0.6 is 11.8 Å². The molecule has 0 aromatic carbocycles. The van der Waals surface area contributed by atoms with Gasteiger partial charge >= 0.3 is 5.97 Å². The Kier molecular flexibility index (Phi) is 3.60. The molecule has 1 unspecified atom stereocenters. The van der Waals surface area contributed by atoms with Crippen molar-refractivity contribution in [1.29, 1.82) is 0 Å². The van der Waals surface area contributed by atoms with Gasteiger partial charge in [-0.05, 0) is 37.4 Å². The maximum atomic E-state index is 11.6. The standard InChI is InChI=1S/C12H20O2S/c13-11(14)12(7-4-8-15-9-12)10-5-2-1-3-6-10/h10H,1-9H2,(H,13,14). The minimum atomic E-state index is -0.526. The van der Waals surface area contributed by atoms with Gasteiger partial charge in [-0.1, -0.05) is 19.3 Å². The highest BCUT2D eigenvalue weighted by Gasteiger charge is 2.46. The molecule has 2 aliphatic rings. The van der Waals surface area contributed by atoms with Crippen LogP contribution < -0.4 is 0 Å². The summed E-state index contributed by atoms with van der Waals surface area (Å²) in [6, 6.07) is 0. The van der Waals surface area contributed by atoms with E-state index in [1.54, 1.807) is 0 Å². The highest BCUT2D eigenvalue weighted by atomic mass is 32.2. The van der Waals surface area contributed by atoms with E-state index in [0.29, 0.717) is 5.92 Å². The van der Waals surface area contributed by atoms with E-state index in [2.05, 4.69) is 0 Å². The minimum absolute atomic E-state index is 0.372. The summed E-state index contributed by atoms with van der Waals surface area (Å²) in [6.45, 7) is 0. The van der Waals surface area contributed by atoms with Crippen molar-refractivity contribution in [2.24, 2.45) is 11.3 Å². The van der Waals surface area contributed by atoms with Gasteiger partial charge in [-0.25, -0.2) is 0 Å². The molecular formula is C12H20O2S. The summed E-state index contributed by atoms with van der Waals surface area (Å²) in [7, 11) is 0. The molecule has 0 spiro atoms. The summed E-state index contributed by atoms with van der Waals surface area (Å²) in [5.41, 5.74) is -0.372. The number of rotatable bonds is 2. The SMILES string of the molecule is O=C(O)C1(C2CCCCC2)CCCSC1. The van der Waals surface area contributed by atoms with Crippen LogP contribution in [0, 0.1) is 11.3 Å². The molecule has 2 rings (SSSR count). The number of carboxylic acid groups (broad SMARTS) is 1. The van der Waals surface area contributed by atoms with Crippen LogP contribution in [-0.4, -0.2) is 22.6 Å². The van der Waals surface area contributed by atoms with Gasteiger partial charge in [0.1, 0.15) is 0 Å². The van der Waals surface area contributed by atoms with Crippen LogP contribution in [0.5, 0.6) is 0 Å². The summed E-state index contributed by atoms with van der Waals surface area (Å²) in [5.74, 6) is 1.94. The first kappa shape index (κ1) is 11.3. The van der Waals surface area contributed by atoms with E-state index in [1.165, 1.54) is 19.3 Å². The Bertz CT molecular complexity index is 228. The molecule has 1 N–H and O–H groups in total. The van der Waals surface area contributed by atoms with Gasteiger partial charge in [0.2, 0.25) is 0 Å². The Morgan fingerprint density at radius 2 is 1.93 bits per heavy atom. The molecule has 3 heteroatoms. The molecular weight excluding hydrogens is 208 g/mol. The zero-order valence-electron chi connectivity index (χ0n) is 9.21. The smallest absolute Gasteiger partial charge is 0.310 e. The maximum Gasteiger partial charge on any atom is 0.310 e. The summed E-state index contributed by atoms with van der Waals surface area (Å²) in [4.78, 5) is 11.6. The molecule has 86 valence electrons. The van der Waals surface area contributed by atoms with Gasteiger partial charge in [0.15, 0.2) is 0 Å². The van der Waals surface area contributed by atoms with Gasteiger partial charge in [0.25, 0.3) is 0 Å². The normalized spacial score (nSPS) is 33.9. The third kappa shape index (κ3) is 2.17. The molecule has 1 heterocycles. The second-order valence-electron chi connectivity index (χ2n) is 4.95. The van der Waals surface area contributed by atoms with E-state index < -0.39 is 5.97 Å². The molecule has 2 fully saturated rings. The molecule has 2 nitrogen and oxygen atoms in total. The summed E-state index contributed by atoms with van der Waals surface area (Å²) < 4.78 is 0. The lowest BCUT2D eigenvalue weighted by Crippen LogP contribution is -2.43. The van der Waals surface area contributed by atoms with Crippen LogP contribution in [0.1, 0.15) is 44.9 Å². The molecule has 1 atom stereocenters. The van der Waals surface area contributed by atoms with Crippen molar-refractivity contribution in [3.8, 4) is 0 Å². The van der Waals surface area contributed by atoms with Crippen LogP contribution in [0.25, 0.3) is 0 Å². The first-order chi connectivity index (χ1) is 7.26. The number of carboxylic acids is 1. The minimum Gasteiger partial charge on any atom is -0.481 e. The Labute approximate surface area is 95.8 Å². The Morgan fingerprint density at radius 1 is 1.20 bits per heavy atom. The van der Waals surface area contributed by atoms with Crippen LogP contribution in [0.15, 0.2) is 0 Å². The number of carbonyl (C=O) groups is 1. The van der Waals surface area contributed by atoms with Gasteiger partial charge in [-0.15, -0.1) is 0 Å². The molecule has 0 amide bonds. The number of hydrogen-bond acceptors (Lipinski definition) is 2. The van der Waals surface area contributed by atoms with E-state index in [1.807, 2.05) is 11.8 Å². The number of hydrogen-bond donors (Lipinski definition) is 1. The fourth-order valence-corrected chi connectivity index (χ4v) is 4.50. The molecule has 1 aliphatic heterocycles. The molecule has 0 aromatic rings. The average Bonchev–Trinajstić information content (AvgIpc) is 2.31. The van der Waals surface area contributed by atoms with Crippen molar-refractivity contribution >= 4 is 17.7 Å². The topological polar surface area (TPSA) is 37.3 Å². The van der Waals surface area contributed by atoms with Crippen molar-refractivity contribution < 1.29 is 9.90 Å². The highest BCUT2D eigenvalue weighted by Crippen LogP contribution is 2.46. The van der Waals surface area contributed by atoms with E-state index in [-0.39, 0.29) is 5.41 Å². The fraction of sp³-hybridized carbons (Fsp3) is 0.917. The van der Waals surface area contributed by atoms with Crippen LogP contribution in [-0.2, 0) is 4.79 Å². The summed E-state index contributed by atoms with van der Waals surface area (Å²) in [5, 5.41) is 9.53. The molecule has 0 aromatic heterocycles. The van der Waals surface area contributed by atoms with Gasteiger partial charge in [0.05, 0.1) is 5.41 Å². The van der Waals surface area contributed by atoms with Crippen LogP contribution in [0.4, 0.5) is 0 Å². The summed E-state index contributed by atoms with van der Waals surface area (Å²) in [6.07, 6.45) is 8.08. The second-order valence-corrected chi connectivity index (χ2v) is 6.06. The first-order valence-electron chi connectivity index (χ1n) is 6.07. The summed E-state index contributed by atoms with van der Waals surface area (Å²) >= 11 is 1.84.